The standard InChI is InChI=1S/C60H61BN2O/c1-34-18-17-19-35(2)52(34)36-22-24-47-49(26-36)62(41-28-38(58(6,7)8)27-39(29-41)59(9,10)11)50-33-45-42-20-15-16-21-51(42)64-56(45)53-46-32-40(60(12,13)14)31-44-43-30-37(57(3,4)5)23-25-48(43)63(55(44)46)61(47)54(50)53/h15-33H,1-14H3. The number of fused-ring (bicyclic) bond motifs is 11. The molecule has 2 aromatic heterocycles. The fraction of sp³-hybridized carbons (Fsp3) is 0.300. The smallest absolute Gasteiger partial charge is 0.333 e. The van der Waals surface area contributed by atoms with Gasteiger partial charge in [-0.25, -0.2) is 0 Å². The van der Waals surface area contributed by atoms with Crippen LogP contribution in [0.1, 0.15) is 116 Å². The number of nitrogens with zero attached hydrogens (tertiary/aromatic N) is 2. The van der Waals surface area contributed by atoms with Gasteiger partial charge in [0, 0.05) is 60.8 Å². The first-order valence-electron chi connectivity index (χ1n) is 23.4. The molecule has 0 aliphatic carbocycles. The van der Waals surface area contributed by atoms with Gasteiger partial charge in [-0.05, 0) is 146 Å². The van der Waals surface area contributed by atoms with Crippen LogP contribution in [0.4, 0.5) is 17.1 Å². The van der Waals surface area contributed by atoms with Crippen molar-refractivity contribution in [3.05, 3.63) is 149 Å². The Morgan fingerprint density at radius 1 is 0.484 bits per heavy atom. The number of hydrogen-bond acceptors (Lipinski definition) is 2. The minimum Gasteiger partial charge on any atom is -0.455 e. The monoisotopic (exact) mass is 836 g/mol. The first-order valence-corrected chi connectivity index (χ1v) is 23.4. The molecule has 320 valence electrons. The van der Waals surface area contributed by atoms with Crippen LogP contribution in [0, 0.1) is 13.8 Å². The predicted octanol–water partition coefficient (Wildman–Crippen LogP) is 15.6. The first kappa shape index (κ1) is 40.8. The molecule has 0 saturated heterocycles. The number of aryl methyl sites for hydroxylation is 2. The van der Waals surface area contributed by atoms with Crippen LogP contribution in [-0.2, 0) is 21.7 Å². The number of rotatable bonds is 2. The Bertz CT molecular complexity index is 3400. The van der Waals surface area contributed by atoms with Gasteiger partial charge < -0.3 is 13.8 Å². The maximum absolute atomic E-state index is 7.16. The van der Waals surface area contributed by atoms with Gasteiger partial charge in [0.2, 0.25) is 0 Å². The van der Waals surface area contributed by atoms with E-state index in [1.807, 2.05) is 0 Å². The van der Waals surface area contributed by atoms with E-state index in [4.69, 9.17) is 4.42 Å². The van der Waals surface area contributed by atoms with Crippen molar-refractivity contribution in [1.29, 1.82) is 0 Å². The van der Waals surface area contributed by atoms with Crippen LogP contribution in [0.5, 0.6) is 0 Å². The molecule has 2 aliphatic heterocycles. The van der Waals surface area contributed by atoms with Crippen molar-refractivity contribution < 1.29 is 4.42 Å². The van der Waals surface area contributed by atoms with Crippen molar-refractivity contribution >= 4 is 78.6 Å². The molecule has 4 heteroatoms. The zero-order valence-corrected chi connectivity index (χ0v) is 40.3. The minimum atomic E-state index is -0.109. The van der Waals surface area contributed by atoms with Gasteiger partial charge in [-0.3, -0.25) is 0 Å². The van der Waals surface area contributed by atoms with Gasteiger partial charge in [-0.2, -0.15) is 0 Å². The van der Waals surface area contributed by atoms with Crippen LogP contribution in [0.15, 0.2) is 120 Å². The molecular formula is C60H61BN2O. The van der Waals surface area contributed by atoms with E-state index in [1.165, 1.54) is 105 Å². The molecule has 0 unspecified atom stereocenters. The van der Waals surface area contributed by atoms with E-state index in [9.17, 15) is 0 Å². The number of anilines is 3. The van der Waals surface area contributed by atoms with Gasteiger partial charge in [-0.1, -0.05) is 144 Å². The van der Waals surface area contributed by atoms with Crippen molar-refractivity contribution in [3.63, 3.8) is 0 Å². The van der Waals surface area contributed by atoms with Gasteiger partial charge in [0.1, 0.15) is 11.2 Å². The number of para-hydroxylation sites is 1. The van der Waals surface area contributed by atoms with Crippen LogP contribution in [0.25, 0.3) is 66.0 Å². The van der Waals surface area contributed by atoms with Gasteiger partial charge in [0.25, 0.3) is 0 Å². The van der Waals surface area contributed by atoms with Crippen molar-refractivity contribution in [2.45, 2.75) is 119 Å². The van der Waals surface area contributed by atoms with E-state index in [0.717, 1.165) is 21.9 Å². The van der Waals surface area contributed by atoms with Crippen molar-refractivity contribution in [2.24, 2.45) is 0 Å². The van der Waals surface area contributed by atoms with E-state index in [-0.39, 0.29) is 28.5 Å². The summed E-state index contributed by atoms with van der Waals surface area (Å²) >= 11 is 0. The summed E-state index contributed by atoms with van der Waals surface area (Å²) in [5.41, 5.74) is 23.4. The maximum Gasteiger partial charge on any atom is 0.333 e. The number of hydrogen-bond donors (Lipinski definition) is 0. The molecule has 0 spiro atoms. The summed E-state index contributed by atoms with van der Waals surface area (Å²) in [6.07, 6.45) is 0. The summed E-state index contributed by atoms with van der Waals surface area (Å²) in [4.78, 5) is 2.63. The zero-order chi connectivity index (χ0) is 45.2. The Kier molecular flexibility index (Phi) is 8.46. The quantitative estimate of drug-likeness (QED) is 0.162. The number of furan rings is 1. The lowest BCUT2D eigenvalue weighted by Gasteiger charge is -2.41. The third-order valence-corrected chi connectivity index (χ3v) is 14.6. The molecule has 9 aromatic rings. The Balaban J connectivity index is 1.37. The third-order valence-electron chi connectivity index (χ3n) is 14.6. The molecule has 0 N–H and O–H groups in total. The maximum atomic E-state index is 7.16. The third kappa shape index (κ3) is 5.93. The van der Waals surface area contributed by atoms with Crippen molar-refractivity contribution in [1.82, 2.24) is 4.48 Å². The minimum absolute atomic E-state index is 0.000622. The molecule has 0 fully saturated rings. The molecule has 0 amide bonds. The molecule has 0 bridgehead atoms. The van der Waals surface area contributed by atoms with E-state index in [2.05, 4.69) is 222 Å². The highest BCUT2D eigenvalue weighted by Gasteiger charge is 2.45. The fourth-order valence-corrected chi connectivity index (χ4v) is 11.0. The lowest BCUT2D eigenvalue weighted by atomic mass is 9.45. The van der Waals surface area contributed by atoms with Gasteiger partial charge in [0.05, 0.1) is 0 Å². The summed E-state index contributed by atoms with van der Waals surface area (Å²) in [5, 5.41) is 4.92. The Hall–Kier alpha value is -6.00. The molecule has 3 nitrogen and oxygen atoms in total. The van der Waals surface area contributed by atoms with Crippen LogP contribution in [0.2, 0.25) is 0 Å². The second-order valence-electron chi connectivity index (χ2n) is 23.2. The summed E-state index contributed by atoms with van der Waals surface area (Å²) in [6, 6.07) is 44.8. The van der Waals surface area contributed by atoms with Crippen LogP contribution in [0.3, 0.4) is 0 Å². The van der Waals surface area contributed by atoms with Gasteiger partial charge in [-0.15, -0.1) is 0 Å². The Morgan fingerprint density at radius 2 is 1.11 bits per heavy atom. The zero-order valence-electron chi connectivity index (χ0n) is 40.3. The lowest BCUT2D eigenvalue weighted by molar-refractivity contribution is 0.569. The van der Waals surface area contributed by atoms with E-state index in [1.54, 1.807) is 0 Å². The number of aromatic nitrogens is 1. The van der Waals surface area contributed by atoms with E-state index < -0.39 is 0 Å². The molecular weight excluding hydrogens is 775 g/mol. The Labute approximate surface area is 380 Å². The topological polar surface area (TPSA) is 21.3 Å². The van der Waals surface area contributed by atoms with Gasteiger partial charge >= 0.3 is 6.85 Å². The van der Waals surface area contributed by atoms with Crippen molar-refractivity contribution in [2.75, 3.05) is 4.90 Å². The van der Waals surface area contributed by atoms with Gasteiger partial charge in [0.15, 0.2) is 0 Å². The summed E-state index contributed by atoms with van der Waals surface area (Å²) < 4.78 is 9.87. The Morgan fingerprint density at radius 3 is 1.77 bits per heavy atom. The van der Waals surface area contributed by atoms with Crippen LogP contribution in [-0.4, -0.2) is 11.3 Å². The largest absolute Gasteiger partial charge is 0.455 e. The van der Waals surface area contributed by atoms with Crippen molar-refractivity contribution in [3.8, 4) is 22.3 Å². The molecule has 0 saturated carbocycles. The highest BCUT2D eigenvalue weighted by atomic mass is 16.3. The highest BCUT2D eigenvalue weighted by molar-refractivity contribution is 6.90. The molecule has 64 heavy (non-hydrogen) atoms. The molecule has 11 rings (SSSR count). The SMILES string of the molecule is Cc1cccc(C)c1-c1ccc2c(c1)N(c1cc(C(C)(C)C)cc(C(C)(C)C)c1)c1cc3c(oc4ccccc43)c3c1B2n1c2ccc(C(C)(C)C)cc2c2cc(C(C)(C)C)cc-3c21. The fourth-order valence-electron chi connectivity index (χ4n) is 11.0. The molecule has 0 radical (unpaired) electrons. The molecule has 0 atom stereocenters. The molecule has 2 aliphatic rings. The van der Waals surface area contributed by atoms with E-state index in [0.29, 0.717) is 0 Å². The molecule has 4 heterocycles. The molecule has 7 aromatic carbocycles. The predicted molar refractivity (Wildman–Crippen MR) is 277 cm³/mol. The average molecular weight is 837 g/mol. The van der Waals surface area contributed by atoms with Crippen LogP contribution < -0.4 is 15.8 Å². The average Bonchev–Trinajstić information content (AvgIpc) is 3.76. The summed E-state index contributed by atoms with van der Waals surface area (Å²) in [7, 11) is 0. The number of benzene rings is 7. The first-order chi connectivity index (χ1) is 30.1. The normalized spacial score (nSPS) is 14.0. The summed E-state index contributed by atoms with van der Waals surface area (Å²) in [6.45, 7) is 32.5. The van der Waals surface area contributed by atoms with E-state index >= 15 is 0 Å². The second kappa shape index (κ2) is 13.3. The highest BCUT2D eigenvalue weighted by Crippen LogP contribution is 2.52. The summed E-state index contributed by atoms with van der Waals surface area (Å²) in [5.74, 6) is 0. The van der Waals surface area contributed by atoms with Crippen LogP contribution >= 0.6 is 0 Å². The second-order valence-corrected chi connectivity index (χ2v) is 23.2. The lowest BCUT2D eigenvalue weighted by Crippen LogP contribution is -2.56.